The summed E-state index contributed by atoms with van der Waals surface area (Å²) in [6.45, 7) is 5.95. The molecule has 1 aromatic rings. The Morgan fingerprint density at radius 3 is 2.73 bits per heavy atom. The number of aromatic nitrogens is 2. The lowest BCUT2D eigenvalue weighted by Gasteiger charge is -2.10. The number of rotatable bonds is 6. The van der Waals surface area contributed by atoms with E-state index in [9.17, 15) is 4.79 Å². The van der Waals surface area contributed by atoms with Gasteiger partial charge in [0, 0.05) is 13.5 Å². The lowest BCUT2D eigenvalue weighted by Crippen LogP contribution is -2.06. The molecule has 1 atom stereocenters. The molecular weight excluding hydrogens is 196 g/mol. The molecule has 0 aliphatic heterocycles. The zero-order valence-electron chi connectivity index (χ0n) is 9.32. The summed E-state index contributed by atoms with van der Waals surface area (Å²) < 4.78 is 10.3. The van der Waals surface area contributed by atoms with Crippen LogP contribution in [0.15, 0.2) is 4.52 Å². The predicted octanol–water partition coefficient (Wildman–Crippen LogP) is 2.15. The fourth-order valence-corrected chi connectivity index (χ4v) is 1.26. The summed E-state index contributed by atoms with van der Waals surface area (Å²) in [4.78, 5) is 15.0. The van der Waals surface area contributed by atoms with Crippen molar-refractivity contribution in [3.8, 4) is 0 Å². The highest BCUT2D eigenvalue weighted by Crippen LogP contribution is 2.19. The standard InChI is InChI=1S/C10H16N2O3/c1-4-6-8(14-5-2)9-11-10(7(3)13)15-12-9/h8H,4-6H2,1-3H3. The van der Waals surface area contributed by atoms with E-state index in [1.165, 1.54) is 6.92 Å². The molecule has 0 N–H and O–H groups in total. The summed E-state index contributed by atoms with van der Waals surface area (Å²) in [5.41, 5.74) is 0. The average Bonchev–Trinajstić information content (AvgIpc) is 2.66. The summed E-state index contributed by atoms with van der Waals surface area (Å²) >= 11 is 0. The van der Waals surface area contributed by atoms with Gasteiger partial charge in [0.25, 0.3) is 5.89 Å². The van der Waals surface area contributed by atoms with Gasteiger partial charge in [0.05, 0.1) is 0 Å². The first kappa shape index (κ1) is 11.8. The number of nitrogens with zero attached hydrogens (tertiary/aromatic N) is 2. The Morgan fingerprint density at radius 2 is 2.27 bits per heavy atom. The van der Waals surface area contributed by atoms with Crippen LogP contribution in [0.25, 0.3) is 0 Å². The quantitative estimate of drug-likeness (QED) is 0.676. The molecule has 0 fully saturated rings. The molecular formula is C10H16N2O3. The van der Waals surface area contributed by atoms with Crippen LogP contribution in [0, 0.1) is 0 Å². The molecule has 1 heterocycles. The number of ether oxygens (including phenoxy) is 1. The van der Waals surface area contributed by atoms with Gasteiger partial charge in [0.2, 0.25) is 11.6 Å². The van der Waals surface area contributed by atoms with Gasteiger partial charge in [-0.05, 0) is 13.3 Å². The summed E-state index contributed by atoms with van der Waals surface area (Å²) in [5, 5.41) is 3.74. The van der Waals surface area contributed by atoms with Crippen molar-refractivity contribution < 1.29 is 14.1 Å². The molecule has 0 saturated carbocycles. The van der Waals surface area contributed by atoms with Gasteiger partial charge in [-0.1, -0.05) is 18.5 Å². The molecule has 0 aliphatic carbocycles. The zero-order chi connectivity index (χ0) is 11.3. The van der Waals surface area contributed by atoms with Gasteiger partial charge in [-0.25, -0.2) is 0 Å². The Balaban J connectivity index is 2.76. The third-order valence-corrected chi connectivity index (χ3v) is 1.95. The first-order valence-electron chi connectivity index (χ1n) is 5.15. The van der Waals surface area contributed by atoms with Crippen LogP contribution in [0.3, 0.4) is 0 Å². The maximum atomic E-state index is 11.0. The van der Waals surface area contributed by atoms with E-state index in [0.717, 1.165) is 12.8 Å². The van der Waals surface area contributed by atoms with Crippen molar-refractivity contribution in [2.45, 2.75) is 39.7 Å². The highest BCUT2D eigenvalue weighted by atomic mass is 16.5. The minimum Gasteiger partial charge on any atom is -0.370 e. The van der Waals surface area contributed by atoms with Gasteiger partial charge in [-0.15, -0.1) is 0 Å². The zero-order valence-corrected chi connectivity index (χ0v) is 9.32. The molecule has 0 radical (unpaired) electrons. The first-order chi connectivity index (χ1) is 7.19. The van der Waals surface area contributed by atoms with Crippen LogP contribution in [-0.2, 0) is 4.74 Å². The molecule has 5 heteroatoms. The van der Waals surface area contributed by atoms with Crippen molar-refractivity contribution in [3.63, 3.8) is 0 Å². The van der Waals surface area contributed by atoms with Crippen LogP contribution in [0.5, 0.6) is 0 Å². The summed E-state index contributed by atoms with van der Waals surface area (Å²) in [5.74, 6) is 0.287. The van der Waals surface area contributed by atoms with Crippen molar-refractivity contribution >= 4 is 5.78 Å². The molecule has 1 rings (SSSR count). The minimum atomic E-state index is -0.222. The number of Topliss-reactive ketones (excluding diaryl/α,β-unsaturated/α-hetero) is 1. The maximum absolute atomic E-state index is 11.0. The van der Waals surface area contributed by atoms with Crippen LogP contribution >= 0.6 is 0 Å². The van der Waals surface area contributed by atoms with E-state index in [1.807, 2.05) is 6.92 Å². The molecule has 0 aliphatic rings. The van der Waals surface area contributed by atoms with Crippen molar-refractivity contribution in [1.82, 2.24) is 10.1 Å². The second kappa shape index (κ2) is 5.60. The third kappa shape index (κ3) is 3.13. The molecule has 1 aromatic heterocycles. The first-order valence-corrected chi connectivity index (χ1v) is 5.15. The van der Waals surface area contributed by atoms with Crippen LogP contribution < -0.4 is 0 Å². The molecule has 84 valence electrons. The molecule has 1 unspecified atom stereocenters. The number of hydrogen-bond donors (Lipinski definition) is 0. The fourth-order valence-electron chi connectivity index (χ4n) is 1.26. The molecule has 0 bridgehead atoms. The van der Waals surface area contributed by atoms with Crippen LogP contribution in [0.1, 0.15) is 56.2 Å². The lowest BCUT2D eigenvalue weighted by molar-refractivity contribution is 0.0477. The normalized spacial score (nSPS) is 12.7. The topological polar surface area (TPSA) is 65.2 Å². The number of ketones is 1. The Bertz CT molecular complexity index is 316. The molecule has 0 spiro atoms. The summed E-state index contributed by atoms with van der Waals surface area (Å²) in [6, 6.07) is 0. The Morgan fingerprint density at radius 1 is 1.53 bits per heavy atom. The molecule has 0 amide bonds. The van der Waals surface area contributed by atoms with Crippen molar-refractivity contribution in [2.24, 2.45) is 0 Å². The second-order valence-electron chi connectivity index (χ2n) is 3.25. The maximum Gasteiger partial charge on any atom is 0.293 e. The van der Waals surface area contributed by atoms with E-state index < -0.39 is 0 Å². The number of carbonyl (C=O) groups excluding carboxylic acids is 1. The minimum absolute atomic E-state index is 0.0470. The predicted molar refractivity (Wildman–Crippen MR) is 53.6 cm³/mol. The van der Waals surface area contributed by atoms with Crippen LogP contribution in [0.4, 0.5) is 0 Å². The van der Waals surface area contributed by atoms with Crippen molar-refractivity contribution in [1.29, 1.82) is 0 Å². The van der Waals surface area contributed by atoms with Gasteiger partial charge in [-0.2, -0.15) is 4.98 Å². The van der Waals surface area contributed by atoms with Crippen molar-refractivity contribution in [2.75, 3.05) is 6.61 Å². The number of carbonyl (C=O) groups is 1. The number of hydrogen-bond acceptors (Lipinski definition) is 5. The largest absolute Gasteiger partial charge is 0.370 e. The highest BCUT2D eigenvalue weighted by Gasteiger charge is 2.19. The van der Waals surface area contributed by atoms with Gasteiger partial charge in [0.1, 0.15) is 6.10 Å². The van der Waals surface area contributed by atoms with E-state index in [-0.39, 0.29) is 17.8 Å². The van der Waals surface area contributed by atoms with E-state index in [2.05, 4.69) is 17.1 Å². The average molecular weight is 212 g/mol. The van der Waals surface area contributed by atoms with E-state index >= 15 is 0 Å². The Labute approximate surface area is 88.8 Å². The fraction of sp³-hybridized carbons (Fsp3) is 0.700. The smallest absolute Gasteiger partial charge is 0.293 e. The SMILES string of the molecule is CCCC(OCC)c1noc(C(C)=O)n1. The molecule has 0 aromatic carbocycles. The Kier molecular flexibility index (Phi) is 4.42. The lowest BCUT2D eigenvalue weighted by atomic mass is 10.2. The van der Waals surface area contributed by atoms with Gasteiger partial charge >= 0.3 is 0 Å². The molecule has 0 saturated heterocycles. The van der Waals surface area contributed by atoms with E-state index in [4.69, 9.17) is 9.26 Å². The summed E-state index contributed by atoms with van der Waals surface area (Å²) in [7, 11) is 0. The van der Waals surface area contributed by atoms with Gasteiger partial charge in [0.15, 0.2) is 0 Å². The van der Waals surface area contributed by atoms with E-state index in [1.54, 1.807) is 0 Å². The van der Waals surface area contributed by atoms with Crippen molar-refractivity contribution in [3.05, 3.63) is 11.7 Å². The van der Waals surface area contributed by atoms with Gasteiger partial charge < -0.3 is 9.26 Å². The summed E-state index contributed by atoms with van der Waals surface area (Å²) in [6.07, 6.45) is 1.62. The molecule has 15 heavy (non-hydrogen) atoms. The van der Waals surface area contributed by atoms with E-state index in [0.29, 0.717) is 12.4 Å². The molecule has 5 nitrogen and oxygen atoms in total. The highest BCUT2D eigenvalue weighted by molar-refractivity contribution is 5.89. The third-order valence-electron chi connectivity index (χ3n) is 1.95. The second-order valence-corrected chi connectivity index (χ2v) is 3.25. The monoisotopic (exact) mass is 212 g/mol. The van der Waals surface area contributed by atoms with Gasteiger partial charge in [-0.3, -0.25) is 4.79 Å². The van der Waals surface area contributed by atoms with Crippen LogP contribution in [-0.4, -0.2) is 22.5 Å². The van der Waals surface area contributed by atoms with Crippen LogP contribution in [0.2, 0.25) is 0 Å². The Hall–Kier alpha value is -1.23.